The van der Waals surface area contributed by atoms with Crippen LogP contribution in [0.25, 0.3) is 0 Å². The van der Waals surface area contributed by atoms with Crippen molar-refractivity contribution in [1.29, 1.82) is 0 Å². The van der Waals surface area contributed by atoms with Crippen LogP contribution in [0, 0.1) is 6.92 Å². The molecule has 1 aromatic rings. The molecular formula is C16H30IN5OS. The van der Waals surface area contributed by atoms with Crippen molar-refractivity contribution in [2.24, 2.45) is 4.99 Å². The molecule has 0 fully saturated rings. The molecule has 0 aliphatic carbocycles. The molecule has 1 atom stereocenters. The average molecular weight is 467 g/mol. The summed E-state index contributed by atoms with van der Waals surface area (Å²) in [6.07, 6.45) is 1.34. The van der Waals surface area contributed by atoms with Crippen LogP contribution in [0.15, 0.2) is 10.4 Å². The van der Waals surface area contributed by atoms with Gasteiger partial charge in [-0.05, 0) is 27.2 Å². The van der Waals surface area contributed by atoms with Crippen LogP contribution in [0.1, 0.15) is 44.3 Å². The number of hydrogen-bond donors (Lipinski definition) is 2. The van der Waals surface area contributed by atoms with Gasteiger partial charge in [-0.3, -0.25) is 9.79 Å². The van der Waals surface area contributed by atoms with Gasteiger partial charge in [0.1, 0.15) is 0 Å². The van der Waals surface area contributed by atoms with Crippen LogP contribution in [0.2, 0.25) is 0 Å². The standard InChI is InChI=1S/C16H29N5OS.HI/c1-6-12(3)19-15(22)8-9-18-16(17-7-2)21(5)10-14-11-23-13(4)20-14;/h11-12H,6-10H2,1-5H3,(H,17,18)(H,19,22);1H. The van der Waals surface area contributed by atoms with Gasteiger partial charge in [0.25, 0.3) is 0 Å². The third kappa shape index (κ3) is 8.81. The Kier molecular flexibility index (Phi) is 12.0. The number of rotatable bonds is 8. The lowest BCUT2D eigenvalue weighted by Crippen LogP contribution is -2.39. The van der Waals surface area contributed by atoms with E-state index >= 15 is 0 Å². The maximum Gasteiger partial charge on any atom is 0.222 e. The van der Waals surface area contributed by atoms with Crippen LogP contribution in [0.4, 0.5) is 0 Å². The number of nitrogens with zero attached hydrogens (tertiary/aromatic N) is 3. The summed E-state index contributed by atoms with van der Waals surface area (Å²) in [5.41, 5.74) is 1.04. The number of carbonyl (C=O) groups is 1. The molecule has 0 aliphatic rings. The largest absolute Gasteiger partial charge is 0.357 e. The van der Waals surface area contributed by atoms with Crippen molar-refractivity contribution in [2.75, 3.05) is 20.1 Å². The van der Waals surface area contributed by atoms with E-state index in [4.69, 9.17) is 0 Å². The van der Waals surface area contributed by atoms with Gasteiger partial charge in [0.05, 0.1) is 23.8 Å². The molecule has 0 spiro atoms. The van der Waals surface area contributed by atoms with Gasteiger partial charge in [-0.15, -0.1) is 35.3 Å². The Morgan fingerprint density at radius 3 is 2.71 bits per heavy atom. The molecule has 0 saturated heterocycles. The second-order valence-electron chi connectivity index (χ2n) is 5.58. The minimum Gasteiger partial charge on any atom is -0.357 e. The molecule has 0 aromatic carbocycles. The molecule has 1 aromatic heterocycles. The number of guanidine groups is 1. The third-order valence-corrected chi connectivity index (χ3v) is 4.20. The maximum atomic E-state index is 11.8. The Hall–Kier alpha value is -0.900. The van der Waals surface area contributed by atoms with E-state index in [0.29, 0.717) is 19.5 Å². The second-order valence-corrected chi connectivity index (χ2v) is 6.64. The van der Waals surface area contributed by atoms with E-state index in [1.165, 1.54) is 0 Å². The highest BCUT2D eigenvalue weighted by atomic mass is 127. The maximum absolute atomic E-state index is 11.8. The fourth-order valence-electron chi connectivity index (χ4n) is 1.98. The Balaban J connectivity index is 0.00000529. The number of halogens is 1. The number of nitrogens with one attached hydrogen (secondary N) is 2. The minimum atomic E-state index is 0. The van der Waals surface area contributed by atoms with E-state index in [1.54, 1.807) is 11.3 Å². The normalized spacial score (nSPS) is 12.3. The van der Waals surface area contributed by atoms with Crippen molar-refractivity contribution in [1.82, 2.24) is 20.5 Å². The number of aryl methyl sites for hydroxylation is 1. The Morgan fingerprint density at radius 1 is 1.46 bits per heavy atom. The van der Waals surface area contributed by atoms with Crippen LogP contribution >= 0.6 is 35.3 Å². The lowest BCUT2D eigenvalue weighted by Gasteiger charge is -2.21. The van der Waals surface area contributed by atoms with Crippen molar-refractivity contribution in [3.8, 4) is 0 Å². The summed E-state index contributed by atoms with van der Waals surface area (Å²) in [7, 11) is 1.98. The number of carbonyl (C=O) groups excluding carboxylic acids is 1. The number of hydrogen-bond acceptors (Lipinski definition) is 4. The summed E-state index contributed by atoms with van der Waals surface area (Å²) in [6.45, 7) is 10.1. The van der Waals surface area contributed by atoms with E-state index in [2.05, 4.69) is 32.9 Å². The molecule has 1 unspecified atom stereocenters. The van der Waals surface area contributed by atoms with E-state index in [-0.39, 0.29) is 35.9 Å². The molecule has 24 heavy (non-hydrogen) atoms. The second kappa shape index (κ2) is 12.5. The van der Waals surface area contributed by atoms with Gasteiger partial charge >= 0.3 is 0 Å². The first-order valence-electron chi connectivity index (χ1n) is 8.16. The summed E-state index contributed by atoms with van der Waals surface area (Å²) >= 11 is 1.65. The first kappa shape index (κ1) is 23.1. The van der Waals surface area contributed by atoms with Crippen LogP contribution in [-0.4, -0.2) is 47.9 Å². The molecule has 1 heterocycles. The van der Waals surface area contributed by atoms with Crippen LogP contribution in [0.3, 0.4) is 0 Å². The van der Waals surface area contributed by atoms with Crippen molar-refractivity contribution < 1.29 is 4.79 Å². The molecular weight excluding hydrogens is 437 g/mol. The fraction of sp³-hybridized carbons (Fsp3) is 0.688. The lowest BCUT2D eigenvalue weighted by molar-refractivity contribution is -0.121. The zero-order valence-corrected chi connectivity index (χ0v) is 18.4. The van der Waals surface area contributed by atoms with Gasteiger partial charge in [0.2, 0.25) is 5.91 Å². The lowest BCUT2D eigenvalue weighted by atomic mass is 10.2. The zero-order valence-electron chi connectivity index (χ0n) is 15.3. The highest BCUT2D eigenvalue weighted by Crippen LogP contribution is 2.09. The smallest absolute Gasteiger partial charge is 0.222 e. The van der Waals surface area contributed by atoms with E-state index in [0.717, 1.165) is 29.6 Å². The monoisotopic (exact) mass is 467 g/mol. The topological polar surface area (TPSA) is 69.6 Å². The quantitative estimate of drug-likeness (QED) is 0.351. The fourth-order valence-corrected chi connectivity index (χ4v) is 2.58. The molecule has 6 nitrogen and oxygen atoms in total. The van der Waals surface area contributed by atoms with Gasteiger partial charge in [-0.25, -0.2) is 4.98 Å². The zero-order chi connectivity index (χ0) is 17.2. The van der Waals surface area contributed by atoms with Gasteiger partial charge in [0, 0.05) is 31.4 Å². The van der Waals surface area contributed by atoms with Crippen molar-refractivity contribution >= 4 is 47.2 Å². The summed E-state index contributed by atoms with van der Waals surface area (Å²) in [4.78, 5) is 22.8. The summed E-state index contributed by atoms with van der Waals surface area (Å²) in [5, 5.41) is 9.34. The first-order valence-corrected chi connectivity index (χ1v) is 9.04. The molecule has 2 N–H and O–H groups in total. The molecule has 138 valence electrons. The van der Waals surface area contributed by atoms with Crippen LogP contribution in [-0.2, 0) is 11.3 Å². The Labute approximate surface area is 166 Å². The number of thiazole rings is 1. The number of aliphatic imine (C=N–C) groups is 1. The molecule has 1 rings (SSSR count). The summed E-state index contributed by atoms with van der Waals surface area (Å²) in [5.74, 6) is 0.853. The molecule has 1 amide bonds. The predicted molar refractivity (Wildman–Crippen MR) is 112 cm³/mol. The predicted octanol–water partition coefficient (Wildman–Crippen LogP) is 2.77. The molecule has 0 radical (unpaired) electrons. The SMILES string of the molecule is CCNC(=NCCC(=O)NC(C)CC)N(C)Cc1csc(C)n1.I. The molecule has 0 bridgehead atoms. The summed E-state index contributed by atoms with van der Waals surface area (Å²) < 4.78 is 0. The number of amides is 1. The van der Waals surface area contributed by atoms with Gasteiger partial charge in [0.15, 0.2) is 5.96 Å². The minimum absolute atomic E-state index is 0. The van der Waals surface area contributed by atoms with Gasteiger partial charge in [-0.1, -0.05) is 6.92 Å². The highest BCUT2D eigenvalue weighted by Gasteiger charge is 2.09. The van der Waals surface area contributed by atoms with Crippen molar-refractivity contribution in [2.45, 2.75) is 53.1 Å². The van der Waals surface area contributed by atoms with Crippen LogP contribution in [0.5, 0.6) is 0 Å². The number of aromatic nitrogens is 1. The Bertz CT molecular complexity index is 520. The highest BCUT2D eigenvalue weighted by molar-refractivity contribution is 14.0. The third-order valence-electron chi connectivity index (χ3n) is 3.38. The van der Waals surface area contributed by atoms with Crippen molar-refractivity contribution in [3.05, 3.63) is 16.1 Å². The average Bonchev–Trinajstić information content (AvgIpc) is 2.91. The molecule has 8 heteroatoms. The van der Waals surface area contributed by atoms with E-state index in [9.17, 15) is 4.79 Å². The van der Waals surface area contributed by atoms with E-state index < -0.39 is 0 Å². The van der Waals surface area contributed by atoms with Gasteiger partial charge < -0.3 is 15.5 Å². The van der Waals surface area contributed by atoms with Gasteiger partial charge in [-0.2, -0.15) is 0 Å². The van der Waals surface area contributed by atoms with Crippen molar-refractivity contribution in [3.63, 3.8) is 0 Å². The first-order chi connectivity index (χ1) is 11.0. The Morgan fingerprint density at radius 2 is 2.17 bits per heavy atom. The van der Waals surface area contributed by atoms with Crippen LogP contribution < -0.4 is 10.6 Å². The van der Waals surface area contributed by atoms with E-state index in [1.807, 2.05) is 32.7 Å². The molecule has 0 saturated carbocycles. The molecule has 0 aliphatic heterocycles. The summed E-state index contributed by atoms with van der Waals surface area (Å²) in [6, 6.07) is 0.218.